The fourth-order valence-corrected chi connectivity index (χ4v) is 2.77. The molecule has 4 nitrogen and oxygen atoms in total. The highest BCUT2D eigenvalue weighted by molar-refractivity contribution is 6.12. The highest BCUT2D eigenvalue weighted by Crippen LogP contribution is 2.25. The van der Waals surface area contributed by atoms with Crippen molar-refractivity contribution in [2.75, 3.05) is 0 Å². The normalized spacial score (nSPS) is 14.6. The Labute approximate surface area is 165 Å². The standard InChI is InChI=1S/C23H15F2NO3/c24-18-10-8-15(9-11-18)14-28-21-7-2-1-4-16(21)13-20-23(27)29-22(26-20)17-5-3-6-19(25)12-17/h1-13H,14H2. The summed E-state index contributed by atoms with van der Waals surface area (Å²) in [4.78, 5) is 16.4. The van der Waals surface area contributed by atoms with Gasteiger partial charge in [0, 0.05) is 11.1 Å². The molecule has 0 aliphatic carbocycles. The lowest BCUT2D eigenvalue weighted by Crippen LogP contribution is -2.05. The number of benzene rings is 3. The maximum Gasteiger partial charge on any atom is 0.363 e. The number of aliphatic imine (C=N–C) groups is 1. The Balaban J connectivity index is 1.57. The van der Waals surface area contributed by atoms with Crippen molar-refractivity contribution in [2.24, 2.45) is 4.99 Å². The lowest BCUT2D eigenvalue weighted by atomic mass is 10.1. The van der Waals surface area contributed by atoms with E-state index in [1.165, 1.54) is 30.3 Å². The Bertz CT molecular complexity index is 1120. The molecule has 3 aromatic rings. The van der Waals surface area contributed by atoms with Crippen LogP contribution in [0.5, 0.6) is 5.75 Å². The SMILES string of the molecule is O=C1OC(c2cccc(F)c2)=NC1=Cc1ccccc1OCc1ccc(F)cc1. The van der Waals surface area contributed by atoms with Crippen LogP contribution in [0.1, 0.15) is 16.7 Å². The first kappa shape index (κ1) is 18.6. The Morgan fingerprint density at radius 1 is 0.931 bits per heavy atom. The first-order valence-electron chi connectivity index (χ1n) is 8.83. The molecule has 0 atom stereocenters. The van der Waals surface area contributed by atoms with Crippen LogP contribution in [0.15, 0.2) is 83.5 Å². The van der Waals surface area contributed by atoms with Crippen molar-refractivity contribution in [2.45, 2.75) is 6.61 Å². The van der Waals surface area contributed by atoms with E-state index in [-0.39, 0.29) is 24.0 Å². The Kier molecular flexibility index (Phi) is 5.16. The Morgan fingerprint density at radius 3 is 2.52 bits per heavy atom. The average molecular weight is 391 g/mol. The molecule has 0 unspecified atom stereocenters. The molecule has 0 saturated heterocycles. The van der Waals surface area contributed by atoms with E-state index in [1.54, 1.807) is 48.5 Å². The lowest BCUT2D eigenvalue weighted by Gasteiger charge is -2.09. The van der Waals surface area contributed by atoms with Gasteiger partial charge >= 0.3 is 5.97 Å². The summed E-state index contributed by atoms with van der Waals surface area (Å²) in [5.74, 6) is -0.807. The van der Waals surface area contributed by atoms with E-state index in [2.05, 4.69) is 4.99 Å². The molecule has 0 amide bonds. The van der Waals surface area contributed by atoms with Gasteiger partial charge in [0.2, 0.25) is 5.90 Å². The van der Waals surface area contributed by atoms with Crippen molar-refractivity contribution in [3.63, 3.8) is 0 Å². The van der Waals surface area contributed by atoms with Gasteiger partial charge in [0.25, 0.3) is 0 Å². The van der Waals surface area contributed by atoms with Crippen molar-refractivity contribution in [1.82, 2.24) is 0 Å². The molecule has 144 valence electrons. The molecule has 1 aliphatic heterocycles. The molecule has 1 aliphatic rings. The van der Waals surface area contributed by atoms with Crippen LogP contribution >= 0.6 is 0 Å². The fourth-order valence-electron chi connectivity index (χ4n) is 2.77. The second kappa shape index (κ2) is 8.06. The number of hydrogen-bond donors (Lipinski definition) is 0. The summed E-state index contributed by atoms with van der Waals surface area (Å²) in [5, 5.41) is 0. The van der Waals surface area contributed by atoms with Gasteiger partial charge in [0.1, 0.15) is 24.0 Å². The lowest BCUT2D eigenvalue weighted by molar-refractivity contribution is -0.129. The van der Waals surface area contributed by atoms with Crippen molar-refractivity contribution < 1.29 is 23.0 Å². The zero-order valence-electron chi connectivity index (χ0n) is 15.1. The molecule has 29 heavy (non-hydrogen) atoms. The number of rotatable bonds is 5. The molecule has 3 aromatic carbocycles. The molecule has 0 spiro atoms. The van der Waals surface area contributed by atoms with E-state index in [0.717, 1.165) is 5.56 Å². The summed E-state index contributed by atoms with van der Waals surface area (Å²) in [6.45, 7) is 0.239. The van der Waals surface area contributed by atoms with Gasteiger partial charge in [-0.25, -0.2) is 18.6 Å². The number of halogens is 2. The first-order valence-corrected chi connectivity index (χ1v) is 8.83. The molecular weight excluding hydrogens is 376 g/mol. The van der Waals surface area contributed by atoms with Gasteiger partial charge in [-0.05, 0) is 48.0 Å². The maximum absolute atomic E-state index is 13.4. The van der Waals surface area contributed by atoms with E-state index in [4.69, 9.17) is 9.47 Å². The van der Waals surface area contributed by atoms with Crippen LogP contribution in [-0.2, 0) is 16.1 Å². The van der Waals surface area contributed by atoms with Crippen LogP contribution < -0.4 is 4.74 Å². The predicted molar refractivity (Wildman–Crippen MR) is 104 cm³/mol. The second-order valence-corrected chi connectivity index (χ2v) is 6.30. The number of hydrogen-bond acceptors (Lipinski definition) is 4. The fraction of sp³-hybridized carbons (Fsp3) is 0.0435. The van der Waals surface area contributed by atoms with E-state index in [0.29, 0.717) is 16.9 Å². The number of cyclic esters (lactones) is 1. The summed E-state index contributed by atoms with van der Waals surface area (Å²) in [6, 6.07) is 18.8. The Morgan fingerprint density at radius 2 is 1.72 bits per heavy atom. The summed E-state index contributed by atoms with van der Waals surface area (Å²) in [7, 11) is 0. The zero-order valence-corrected chi connectivity index (χ0v) is 15.1. The average Bonchev–Trinajstić information content (AvgIpc) is 3.09. The summed E-state index contributed by atoms with van der Waals surface area (Å²) < 4.78 is 37.4. The third-order valence-corrected chi connectivity index (χ3v) is 4.21. The van der Waals surface area contributed by atoms with Crippen molar-refractivity contribution in [1.29, 1.82) is 0 Å². The largest absolute Gasteiger partial charge is 0.488 e. The third-order valence-electron chi connectivity index (χ3n) is 4.21. The van der Waals surface area contributed by atoms with Crippen LogP contribution in [0, 0.1) is 11.6 Å². The third kappa shape index (κ3) is 4.38. The van der Waals surface area contributed by atoms with E-state index in [1.807, 2.05) is 0 Å². The smallest absolute Gasteiger partial charge is 0.363 e. The van der Waals surface area contributed by atoms with Gasteiger partial charge in [0.05, 0.1) is 0 Å². The maximum atomic E-state index is 13.4. The second-order valence-electron chi connectivity index (χ2n) is 6.30. The first-order chi connectivity index (χ1) is 14.1. The number of nitrogens with zero attached hydrogens (tertiary/aromatic N) is 1. The number of ether oxygens (including phenoxy) is 2. The highest BCUT2D eigenvalue weighted by Gasteiger charge is 2.24. The van der Waals surface area contributed by atoms with Gasteiger partial charge in [-0.3, -0.25) is 0 Å². The van der Waals surface area contributed by atoms with Crippen LogP contribution in [0.4, 0.5) is 8.78 Å². The summed E-state index contributed by atoms with van der Waals surface area (Å²) >= 11 is 0. The minimum atomic E-state index is -0.627. The highest BCUT2D eigenvalue weighted by atomic mass is 19.1. The van der Waals surface area contributed by atoms with Gasteiger partial charge in [-0.1, -0.05) is 36.4 Å². The molecule has 0 fully saturated rings. The molecule has 0 aromatic heterocycles. The van der Waals surface area contributed by atoms with Crippen LogP contribution in [0.2, 0.25) is 0 Å². The molecule has 6 heteroatoms. The van der Waals surface area contributed by atoms with Gasteiger partial charge < -0.3 is 9.47 Å². The number of para-hydroxylation sites is 1. The predicted octanol–water partition coefficient (Wildman–Crippen LogP) is 4.89. The van der Waals surface area contributed by atoms with Gasteiger partial charge in [-0.2, -0.15) is 0 Å². The topological polar surface area (TPSA) is 47.9 Å². The van der Waals surface area contributed by atoms with Crippen LogP contribution in [0.3, 0.4) is 0 Å². The minimum absolute atomic E-state index is 0.0467. The van der Waals surface area contributed by atoms with Crippen molar-refractivity contribution >= 4 is 17.9 Å². The molecule has 0 N–H and O–H groups in total. The Hall–Kier alpha value is -3.80. The molecule has 0 radical (unpaired) electrons. The molecule has 0 saturated carbocycles. The van der Waals surface area contributed by atoms with E-state index >= 15 is 0 Å². The number of esters is 1. The van der Waals surface area contributed by atoms with Crippen LogP contribution in [-0.4, -0.2) is 11.9 Å². The summed E-state index contributed by atoms with van der Waals surface area (Å²) in [5.41, 5.74) is 1.90. The van der Waals surface area contributed by atoms with Crippen molar-refractivity contribution in [3.05, 3.63) is 107 Å². The van der Waals surface area contributed by atoms with Gasteiger partial charge in [-0.15, -0.1) is 0 Å². The molecule has 0 bridgehead atoms. The van der Waals surface area contributed by atoms with E-state index in [9.17, 15) is 13.6 Å². The van der Waals surface area contributed by atoms with Gasteiger partial charge in [0.15, 0.2) is 5.70 Å². The zero-order chi connectivity index (χ0) is 20.2. The number of carbonyl (C=O) groups excluding carboxylic acids is 1. The quantitative estimate of drug-likeness (QED) is 0.460. The molecular formula is C23H15F2NO3. The van der Waals surface area contributed by atoms with E-state index < -0.39 is 11.8 Å². The molecule has 1 heterocycles. The van der Waals surface area contributed by atoms with Crippen molar-refractivity contribution in [3.8, 4) is 5.75 Å². The van der Waals surface area contributed by atoms with Crippen LogP contribution in [0.25, 0.3) is 6.08 Å². The summed E-state index contributed by atoms with van der Waals surface area (Å²) in [6.07, 6.45) is 1.55. The minimum Gasteiger partial charge on any atom is -0.488 e. The molecule has 4 rings (SSSR count). The monoisotopic (exact) mass is 391 g/mol. The number of carbonyl (C=O) groups is 1.